The van der Waals surface area contributed by atoms with E-state index in [2.05, 4.69) is 16.8 Å². The number of hydrogen-bond acceptors (Lipinski definition) is 1. The molecule has 0 unspecified atom stereocenters. The minimum absolute atomic E-state index is 0.465. The molecule has 0 aliphatic rings. The number of hydrogen-bond donors (Lipinski definition) is 1. The van der Waals surface area contributed by atoms with Crippen LogP contribution in [0.3, 0.4) is 0 Å². The van der Waals surface area contributed by atoms with Gasteiger partial charge in [0.2, 0.25) is 0 Å². The lowest BCUT2D eigenvalue weighted by Gasteiger charge is -1.91. The highest BCUT2D eigenvalue weighted by Gasteiger charge is 1.93. The highest BCUT2D eigenvalue weighted by Crippen LogP contribution is 2.08. The molecule has 1 aromatic rings. The zero-order valence-corrected chi connectivity index (χ0v) is 6.05. The first-order valence-corrected chi connectivity index (χ1v) is 3.25. The van der Waals surface area contributed by atoms with Crippen molar-refractivity contribution in [2.24, 2.45) is 0 Å². The van der Waals surface area contributed by atoms with E-state index in [1.165, 1.54) is 6.08 Å². The Bertz CT molecular complexity index is 249. The summed E-state index contributed by atoms with van der Waals surface area (Å²) < 4.78 is 11.6. The van der Waals surface area contributed by atoms with Crippen LogP contribution in [-0.2, 0) is 0 Å². The summed E-state index contributed by atoms with van der Waals surface area (Å²) in [5.41, 5.74) is 1.55. The van der Waals surface area contributed by atoms with Crippen molar-refractivity contribution in [3.8, 4) is 0 Å². The van der Waals surface area contributed by atoms with Crippen molar-refractivity contribution in [2.75, 3.05) is 6.67 Å². The van der Waals surface area contributed by atoms with Crippen LogP contribution in [-0.4, -0.2) is 16.9 Å². The normalized spacial score (nSPS) is 10.6. The van der Waals surface area contributed by atoms with Crippen LogP contribution in [0.15, 0.2) is 31.0 Å². The first-order valence-electron chi connectivity index (χ1n) is 3.25. The first kappa shape index (κ1) is 7.72. The number of allylic oxidation sites excluding steroid dienone is 3. The molecule has 1 aromatic heterocycles. The average molecular weight is 152 g/mol. The van der Waals surface area contributed by atoms with Gasteiger partial charge in [0.25, 0.3) is 0 Å². The van der Waals surface area contributed by atoms with Gasteiger partial charge in [-0.2, -0.15) is 5.10 Å². The van der Waals surface area contributed by atoms with Gasteiger partial charge in [0.15, 0.2) is 0 Å². The second-order valence-corrected chi connectivity index (χ2v) is 2.05. The highest BCUT2D eigenvalue weighted by molar-refractivity contribution is 5.68. The minimum atomic E-state index is -0.465. The van der Waals surface area contributed by atoms with Gasteiger partial charge in [-0.1, -0.05) is 18.7 Å². The monoisotopic (exact) mass is 152 g/mol. The number of alkyl halides is 1. The number of nitrogens with one attached hydrogen (secondary N) is 1. The van der Waals surface area contributed by atoms with Crippen LogP contribution in [0.1, 0.15) is 5.69 Å². The van der Waals surface area contributed by atoms with Gasteiger partial charge in [-0.05, 0) is 11.6 Å². The van der Waals surface area contributed by atoms with Crippen LogP contribution in [0.2, 0.25) is 0 Å². The van der Waals surface area contributed by atoms with Crippen molar-refractivity contribution in [1.29, 1.82) is 0 Å². The van der Waals surface area contributed by atoms with Crippen molar-refractivity contribution in [2.45, 2.75) is 0 Å². The summed E-state index contributed by atoms with van der Waals surface area (Å²) in [6.07, 6.45) is 4.65. The molecular formula is C8H9FN2. The lowest BCUT2D eigenvalue weighted by molar-refractivity contribution is 0.562. The summed E-state index contributed by atoms with van der Waals surface area (Å²) in [5.74, 6) is 0. The Morgan fingerprint density at radius 3 is 3.18 bits per heavy atom. The number of H-pyrrole nitrogens is 1. The maximum atomic E-state index is 11.6. The Morgan fingerprint density at radius 1 is 1.82 bits per heavy atom. The molecule has 0 fully saturated rings. The van der Waals surface area contributed by atoms with E-state index in [-0.39, 0.29) is 0 Å². The summed E-state index contributed by atoms with van der Waals surface area (Å²) >= 11 is 0. The molecule has 0 bridgehead atoms. The van der Waals surface area contributed by atoms with Crippen molar-refractivity contribution in [3.63, 3.8) is 0 Å². The van der Waals surface area contributed by atoms with Crippen LogP contribution in [0.5, 0.6) is 0 Å². The van der Waals surface area contributed by atoms with Crippen molar-refractivity contribution < 1.29 is 4.39 Å². The van der Waals surface area contributed by atoms with Gasteiger partial charge in [0, 0.05) is 6.20 Å². The van der Waals surface area contributed by atoms with Crippen molar-refractivity contribution in [1.82, 2.24) is 10.2 Å². The number of rotatable bonds is 3. The van der Waals surface area contributed by atoms with E-state index in [1.54, 1.807) is 18.3 Å². The second kappa shape index (κ2) is 3.71. The molecule has 1 N–H and O–H groups in total. The van der Waals surface area contributed by atoms with Gasteiger partial charge in [0.05, 0.1) is 5.69 Å². The lowest BCUT2D eigenvalue weighted by atomic mass is 10.2. The summed E-state index contributed by atoms with van der Waals surface area (Å²) in [4.78, 5) is 0. The number of nitrogens with zero attached hydrogens (tertiary/aromatic N) is 1. The van der Waals surface area contributed by atoms with E-state index in [1.807, 2.05) is 0 Å². The smallest absolute Gasteiger partial charge is 0.108 e. The third-order valence-electron chi connectivity index (χ3n) is 1.25. The van der Waals surface area contributed by atoms with Gasteiger partial charge in [0.1, 0.15) is 6.67 Å². The molecular weight excluding hydrogens is 143 g/mol. The molecule has 11 heavy (non-hydrogen) atoms. The predicted molar refractivity (Wildman–Crippen MR) is 42.7 cm³/mol. The fourth-order valence-electron chi connectivity index (χ4n) is 0.711. The molecule has 0 saturated carbocycles. The van der Waals surface area contributed by atoms with Gasteiger partial charge in [-0.15, -0.1) is 0 Å². The van der Waals surface area contributed by atoms with Crippen LogP contribution in [0, 0.1) is 0 Å². The largest absolute Gasteiger partial charge is 0.278 e. The number of aromatic nitrogens is 2. The molecule has 0 aliphatic carbocycles. The van der Waals surface area contributed by atoms with Crippen molar-refractivity contribution in [3.05, 3.63) is 36.7 Å². The molecule has 0 spiro atoms. The van der Waals surface area contributed by atoms with E-state index in [4.69, 9.17) is 0 Å². The Balaban J connectivity index is 2.64. The zero-order valence-electron chi connectivity index (χ0n) is 6.05. The summed E-state index contributed by atoms with van der Waals surface area (Å²) in [6, 6.07) is 1.78. The van der Waals surface area contributed by atoms with Crippen LogP contribution in [0.25, 0.3) is 5.57 Å². The SMILES string of the molecule is C=C(/C=C/CF)c1ccn[nH]1. The maximum Gasteiger partial charge on any atom is 0.108 e. The van der Waals surface area contributed by atoms with E-state index in [0.29, 0.717) is 0 Å². The maximum absolute atomic E-state index is 11.6. The van der Waals surface area contributed by atoms with E-state index >= 15 is 0 Å². The molecule has 1 rings (SSSR count). The summed E-state index contributed by atoms with van der Waals surface area (Å²) in [7, 11) is 0. The molecule has 0 atom stereocenters. The molecule has 0 aromatic carbocycles. The Labute approximate surface area is 64.4 Å². The molecule has 1 heterocycles. The molecule has 58 valence electrons. The van der Waals surface area contributed by atoms with E-state index in [0.717, 1.165) is 11.3 Å². The fourth-order valence-corrected chi connectivity index (χ4v) is 0.711. The molecule has 3 heteroatoms. The summed E-state index contributed by atoms with van der Waals surface area (Å²) in [6.45, 7) is 3.24. The van der Waals surface area contributed by atoms with E-state index < -0.39 is 6.67 Å². The third kappa shape index (κ3) is 2.04. The molecule has 2 nitrogen and oxygen atoms in total. The molecule has 0 aliphatic heterocycles. The van der Waals surface area contributed by atoms with Crippen molar-refractivity contribution >= 4 is 5.57 Å². The second-order valence-electron chi connectivity index (χ2n) is 2.05. The van der Waals surface area contributed by atoms with Gasteiger partial charge in [-0.3, -0.25) is 5.10 Å². The van der Waals surface area contributed by atoms with Gasteiger partial charge >= 0.3 is 0 Å². The Morgan fingerprint density at radius 2 is 2.64 bits per heavy atom. The number of aromatic amines is 1. The standard InChI is InChI=1S/C8H9FN2/c1-7(3-2-5-9)8-4-6-10-11-8/h2-4,6H,1,5H2,(H,10,11)/b3-2+. The topological polar surface area (TPSA) is 28.7 Å². The molecule has 0 saturated heterocycles. The minimum Gasteiger partial charge on any atom is -0.278 e. The van der Waals surface area contributed by atoms with Crippen LogP contribution >= 0.6 is 0 Å². The summed E-state index contributed by atoms with van der Waals surface area (Å²) in [5, 5.41) is 6.46. The van der Waals surface area contributed by atoms with Crippen LogP contribution in [0.4, 0.5) is 4.39 Å². The third-order valence-corrected chi connectivity index (χ3v) is 1.25. The zero-order chi connectivity index (χ0) is 8.10. The Kier molecular flexibility index (Phi) is 2.60. The van der Waals surface area contributed by atoms with Gasteiger partial charge < -0.3 is 0 Å². The highest BCUT2D eigenvalue weighted by atomic mass is 19.1. The lowest BCUT2D eigenvalue weighted by Crippen LogP contribution is -1.78. The van der Waals surface area contributed by atoms with Crippen LogP contribution < -0.4 is 0 Å². The van der Waals surface area contributed by atoms with E-state index in [9.17, 15) is 4.39 Å². The van der Waals surface area contributed by atoms with Gasteiger partial charge in [-0.25, -0.2) is 4.39 Å². The number of halogens is 1. The molecule has 0 radical (unpaired) electrons. The molecule has 0 amide bonds. The Hall–Kier alpha value is -1.38. The average Bonchev–Trinajstić information content (AvgIpc) is 2.52. The fraction of sp³-hybridized carbons (Fsp3) is 0.125. The first-order chi connectivity index (χ1) is 5.34. The predicted octanol–water partition coefficient (Wildman–Crippen LogP) is 1.95. The quantitative estimate of drug-likeness (QED) is 0.659.